The van der Waals surface area contributed by atoms with Crippen molar-refractivity contribution in [1.29, 1.82) is 0 Å². The maximum Gasteiger partial charge on any atom is 0.378 e. The van der Waals surface area contributed by atoms with Crippen molar-refractivity contribution in [3.63, 3.8) is 0 Å². The number of methoxy groups -OCH3 is 1. The van der Waals surface area contributed by atoms with Crippen LogP contribution in [0.25, 0.3) is 0 Å². The Morgan fingerprint density at radius 1 is 1.20 bits per heavy atom. The van der Waals surface area contributed by atoms with E-state index in [0.29, 0.717) is 12.2 Å². The van der Waals surface area contributed by atoms with E-state index in [1.54, 1.807) is 13.8 Å². The third-order valence-electron chi connectivity index (χ3n) is 2.94. The van der Waals surface area contributed by atoms with Crippen LogP contribution in [0.3, 0.4) is 0 Å². The summed E-state index contributed by atoms with van der Waals surface area (Å²) in [5, 5.41) is 0. The lowest BCUT2D eigenvalue weighted by atomic mass is 10.2. The van der Waals surface area contributed by atoms with Crippen LogP contribution in [0.4, 0.5) is 4.39 Å². The minimum atomic E-state index is -1.03. The maximum absolute atomic E-state index is 13.3. The molecule has 0 fully saturated rings. The molecule has 0 heterocycles. The van der Waals surface area contributed by atoms with Crippen molar-refractivity contribution < 1.29 is 37.7 Å². The lowest BCUT2D eigenvalue weighted by molar-refractivity contribution is -0.159. The second-order valence-electron chi connectivity index (χ2n) is 5.15. The number of carbonyl (C=O) groups is 3. The fraction of sp³-hybridized carbons (Fsp3) is 0.471. The predicted molar refractivity (Wildman–Crippen MR) is 84.9 cm³/mol. The fourth-order valence-electron chi connectivity index (χ4n) is 1.76. The zero-order chi connectivity index (χ0) is 18.8. The molecule has 0 aliphatic rings. The topological polar surface area (TPSA) is 88.1 Å². The Balaban J connectivity index is 2.41. The summed E-state index contributed by atoms with van der Waals surface area (Å²) in [6.45, 7) is 2.84. The van der Waals surface area contributed by atoms with Crippen LogP contribution in [0.1, 0.15) is 26.7 Å². The molecule has 1 unspecified atom stereocenters. The third-order valence-corrected chi connectivity index (χ3v) is 2.94. The molecule has 1 aromatic carbocycles. The van der Waals surface area contributed by atoms with Gasteiger partial charge in [-0.3, -0.25) is 9.59 Å². The lowest BCUT2D eigenvalue weighted by Crippen LogP contribution is -2.26. The molecule has 138 valence electrons. The van der Waals surface area contributed by atoms with Crippen LogP contribution in [0, 0.1) is 5.82 Å². The monoisotopic (exact) mass is 356 g/mol. The zero-order valence-electron chi connectivity index (χ0n) is 14.4. The number of ether oxygens (including phenoxy) is 4. The molecule has 0 radical (unpaired) electrons. The van der Waals surface area contributed by atoms with E-state index in [2.05, 4.69) is 4.74 Å². The number of benzene rings is 1. The highest BCUT2D eigenvalue weighted by molar-refractivity contribution is 6.34. The van der Waals surface area contributed by atoms with Crippen LogP contribution in [-0.4, -0.2) is 44.1 Å². The fourth-order valence-corrected chi connectivity index (χ4v) is 1.76. The summed E-state index contributed by atoms with van der Waals surface area (Å²) in [5.74, 6) is -2.87. The number of ketones is 1. The minimum Gasteiger partial charge on any atom is -0.494 e. The summed E-state index contributed by atoms with van der Waals surface area (Å²) in [5.41, 5.74) is 0. The SMILES string of the molecule is CCCOC(=O)C(=O)COC(=O)CC(C)Oc1ccc(F)c(OC)c1. The maximum atomic E-state index is 13.3. The molecular weight excluding hydrogens is 335 g/mol. The van der Waals surface area contributed by atoms with Gasteiger partial charge in [0, 0.05) is 6.07 Å². The van der Waals surface area contributed by atoms with Crippen molar-refractivity contribution in [3.8, 4) is 11.5 Å². The van der Waals surface area contributed by atoms with Crippen molar-refractivity contribution in [3.05, 3.63) is 24.0 Å². The largest absolute Gasteiger partial charge is 0.494 e. The molecular formula is C17H21FO7. The molecule has 0 aliphatic carbocycles. The third kappa shape index (κ3) is 7.19. The van der Waals surface area contributed by atoms with E-state index in [0.717, 1.165) is 0 Å². The quantitative estimate of drug-likeness (QED) is 0.468. The van der Waals surface area contributed by atoms with Gasteiger partial charge in [-0.15, -0.1) is 0 Å². The molecule has 0 amide bonds. The smallest absolute Gasteiger partial charge is 0.378 e. The Bertz CT molecular complexity index is 615. The molecule has 0 bridgehead atoms. The van der Waals surface area contributed by atoms with E-state index in [4.69, 9.17) is 14.2 Å². The van der Waals surface area contributed by atoms with Crippen LogP contribution in [0.15, 0.2) is 18.2 Å². The summed E-state index contributed by atoms with van der Waals surface area (Å²) >= 11 is 0. The van der Waals surface area contributed by atoms with E-state index in [1.807, 2.05) is 0 Å². The highest BCUT2D eigenvalue weighted by atomic mass is 19.1. The number of Topliss-reactive ketones (excluding diaryl/α,β-unsaturated/α-hetero) is 1. The number of hydrogen-bond acceptors (Lipinski definition) is 7. The standard InChI is InChI=1S/C17H21FO7/c1-4-7-23-17(21)14(19)10-24-16(20)8-11(2)25-12-5-6-13(18)15(9-12)22-3/h5-6,9,11H,4,7-8,10H2,1-3H3. The zero-order valence-corrected chi connectivity index (χ0v) is 14.4. The molecule has 7 nitrogen and oxygen atoms in total. The van der Waals surface area contributed by atoms with Gasteiger partial charge in [-0.2, -0.15) is 0 Å². The summed E-state index contributed by atoms with van der Waals surface area (Å²) in [6, 6.07) is 3.93. The molecule has 0 saturated heterocycles. The molecule has 1 rings (SSSR count). The normalized spacial score (nSPS) is 11.4. The molecule has 1 aromatic rings. The van der Waals surface area contributed by atoms with Crippen LogP contribution in [0.2, 0.25) is 0 Å². The van der Waals surface area contributed by atoms with Crippen molar-refractivity contribution in [2.45, 2.75) is 32.8 Å². The van der Waals surface area contributed by atoms with E-state index in [1.165, 1.54) is 25.3 Å². The van der Waals surface area contributed by atoms with Gasteiger partial charge in [-0.1, -0.05) is 6.92 Å². The lowest BCUT2D eigenvalue weighted by Gasteiger charge is -2.15. The Morgan fingerprint density at radius 3 is 2.56 bits per heavy atom. The first-order valence-electron chi connectivity index (χ1n) is 7.73. The van der Waals surface area contributed by atoms with Crippen molar-refractivity contribution in [1.82, 2.24) is 0 Å². The van der Waals surface area contributed by atoms with Crippen LogP contribution in [0.5, 0.6) is 11.5 Å². The van der Waals surface area contributed by atoms with E-state index >= 15 is 0 Å². The summed E-state index contributed by atoms with van der Waals surface area (Å²) in [6.07, 6.45) is -0.163. The van der Waals surface area contributed by atoms with Crippen LogP contribution < -0.4 is 9.47 Å². The minimum absolute atomic E-state index is 0.0171. The first-order valence-corrected chi connectivity index (χ1v) is 7.73. The second-order valence-corrected chi connectivity index (χ2v) is 5.15. The molecule has 25 heavy (non-hydrogen) atoms. The summed E-state index contributed by atoms with van der Waals surface area (Å²) in [4.78, 5) is 34.3. The van der Waals surface area contributed by atoms with Gasteiger partial charge in [-0.05, 0) is 25.5 Å². The Hall–Kier alpha value is -2.64. The molecule has 0 aliphatic heterocycles. The summed E-state index contributed by atoms with van der Waals surface area (Å²) < 4.78 is 33.0. The van der Waals surface area contributed by atoms with Crippen molar-refractivity contribution in [2.75, 3.05) is 20.3 Å². The van der Waals surface area contributed by atoms with Gasteiger partial charge in [0.05, 0.1) is 20.1 Å². The van der Waals surface area contributed by atoms with Gasteiger partial charge in [-0.25, -0.2) is 9.18 Å². The van der Waals surface area contributed by atoms with Gasteiger partial charge in [0.1, 0.15) is 11.9 Å². The Labute approximate surface area is 145 Å². The van der Waals surface area contributed by atoms with Gasteiger partial charge >= 0.3 is 11.9 Å². The number of hydrogen-bond donors (Lipinski definition) is 0. The highest BCUT2D eigenvalue weighted by Gasteiger charge is 2.19. The van der Waals surface area contributed by atoms with Gasteiger partial charge < -0.3 is 18.9 Å². The van der Waals surface area contributed by atoms with Gasteiger partial charge in [0.2, 0.25) is 0 Å². The molecule has 0 N–H and O–H groups in total. The molecule has 0 aromatic heterocycles. The molecule has 0 spiro atoms. The second kappa shape index (κ2) is 10.3. The molecule has 0 saturated carbocycles. The van der Waals surface area contributed by atoms with Crippen LogP contribution >= 0.6 is 0 Å². The molecule has 1 atom stereocenters. The van der Waals surface area contributed by atoms with Crippen molar-refractivity contribution in [2.24, 2.45) is 0 Å². The Morgan fingerprint density at radius 2 is 1.92 bits per heavy atom. The number of rotatable bonds is 10. The highest BCUT2D eigenvalue weighted by Crippen LogP contribution is 2.24. The first-order chi connectivity index (χ1) is 11.9. The van der Waals surface area contributed by atoms with E-state index in [-0.39, 0.29) is 18.8 Å². The van der Waals surface area contributed by atoms with Crippen LogP contribution in [-0.2, 0) is 23.9 Å². The molecule has 8 heteroatoms. The Kier molecular flexibility index (Phi) is 8.38. The number of esters is 2. The average Bonchev–Trinajstić information content (AvgIpc) is 2.58. The predicted octanol–water partition coefficient (Wildman–Crippen LogP) is 2.06. The number of halogens is 1. The van der Waals surface area contributed by atoms with Gasteiger partial charge in [0.25, 0.3) is 5.78 Å². The van der Waals surface area contributed by atoms with E-state index in [9.17, 15) is 18.8 Å². The summed E-state index contributed by atoms with van der Waals surface area (Å²) in [7, 11) is 1.32. The van der Waals surface area contributed by atoms with Crippen molar-refractivity contribution >= 4 is 17.7 Å². The van der Waals surface area contributed by atoms with E-state index < -0.39 is 36.2 Å². The average molecular weight is 356 g/mol. The van der Waals surface area contributed by atoms with Gasteiger partial charge in [0.15, 0.2) is 18.2 Å². The number of carbonyl (C=O) groups excluding carboxylic acids is 3. The first kappa shape index (κ1) is 20.4.